The lowest BCUT2D eigenvalue weighted by Gasteiger charge is -2.28. The van der Waals surface area contributed by atoms with Crippen molar-refractivity contribution >= 4 is 29.3 Å². The third-order valence-corrected chi connectivity index (χ3v) is 6.08. The molecule has 176 valence electrons. The highest BCUT2D eigenvalue weighted by molar-refractivity contribution is 6.00. The van der Waals surface area contributed by atoms with Crippen LogP contribution in [-0.4, -0.2) is 27.2 Å². The van der Waals surface area contributed by atoms with Gasteiger partial charge in [0.1, 0.15) is 12.1 Å². The van der Waals surface area contributed by atoms with Crippen molar-refractivity contribution in [2.75, 3.05) is 10.6 Å². The van der Waals surface area contributed by atoms with E-state index in [0.717, 1.165) is 25.7 Å². The van der Waals surface area contributed by atoms with Crippen molar-refractivity contribution in [3.63, 3.8) is 0 Å². The summed E-state index contributed by atoms with van der Waals surface area (Å²) in [6.07, 6.45) is 3.96. The third-order valence-electron chi connectivity index (χ3n) is 6.08. The molecule has 4 rings (SSSR count). The first-order valence-electron chi connectivity index (χ1n) is 11.1. The largest absolute Gasteiger partial charge is 0.481 e. The summed E-state index contributed by atoms with van der Waals surface area (Å²) in [6.45, 7) is 0. The Bertz CT molecular complexity index is 1310. The Morgan fingerprint density at radius 1 is 0.971 bits per heavy atom. The number of hydrogen-bond donors (Lipinski definition) is 3. The minimum atomic E-state index is -0.736. The van der Waals surface area contributed by atoms with Crippen molar-refractivity contribution in [2.45, 2.75) is 38.0 Å². The molecule has 35 heavy (non-hydrogen) atoms. The second kappa shape index (κ2) is 10.5. The Kier molecular flexibility index (Phi) is 7.03. The number of rotatable bonds is 7. The summed E-state index contributed by atoms with van der Waals surface area (Å²) in [4.78, 5) is 23.4. The molecule has 0 saturated heterocycles. The molecule has 0 spiro atoms. The molecule has 3 N–H and O–H groups in total. The number of nitrogens with zero attached hydrogens (tertiary/aromatic N) is 4. The molecule has 3 aromatic rings. The molecular weight excluding hydrogens is 448 g/mol. The molecule has 0 unspecified atom stereocenters. The number of aliphatic carboxylic acids is 1. The van der Waals surface area contributed by atoms with Crippen LogP contribution >= 0.6 is 0 Å². The van der Waals surface area contributed by atoms with Crippen LogP contribution in [0.5, 0.6) is 0 Å². The van der Waals surface area contributed by atoms with E-state index in [9.17, 15) is 9.59 Å². The quantitative estimate of drug-likeness (QED) is 0.449. The molecule has 1 amide bonds. The second-order valence-corrected chi connectivity index (χ2v) is 8.41. The topological polar surface area (TPSA) is 165 Å². The van der Waals surface area contributed by atoms with Crippen LogP contribution in [0.4, 0.5) is 17.4 Å². The van der Waals surface area contributed by atoms with Gasteiger partial charge in [0.2, 0.25) is 0 Å². The Morgan fingerprint density at radius 3 is 2.31 bits per heavy atom. The number of nitriles is 2. The minimum Gasteiger partial charge on any atom is -0.481 e. The number of carboxylic acids is 1. The number of benzene rings is 2. The highest BCUT2D eigenvalue weighted by Gasteiger charge is 2.24. The first kappa shape index (κ1) is 23.5. The van der Waals surface area contributed by atoms with Gasteiger partial charge in [0.05, 0.1) is 11.1 Å². The summed E-state index contributed by atoms with van der Waals surface area (Å²) < 4.78 is 5.37. The summed E-state index contributed by atoms with van der Waals surface area (Å²) in [5.74, 6) is -0.896. The lowest BCUT2D eigenvalue weighted by atomic mass is 9.77. The fraction of sp³-hybridized carbons (Fsp3) is 0.280. The third kappa shape index (κ3) is 5.81. The molecule has 1 fully saturated rings. The summed E-state index contributed by atoms with van der Waals surface area (Å²) >= 11 is 0. The van der Waals surface area contributed by atoms with Gasteiger partial charge in [0.25, 0.3) is 0 Å². The number of carbonyl (C=O) groups is 2. The van der Waals surface area contributed by atoms with E-state index in [-0.39, 0.29) is 35.4 Å². The highest BCUT2D eigenvalue weighted by atomic mass is 16.4. The first-order chi connectivity index (χ1) is 16.9. The van der Waals surface area contributed by atoms with E-state index in [1.165, 1.54) is 17.7 Å². The van der Waals surface area contributed by atoms with Crippen LogP contribution in [0.25, 0.3) is 0 Å². The van der Waals surface area contributed by atoms with Crippen LogP contribution in [0.1, 0.15) is 65.4 Å². The fourth-order valence-corrected chi connectivity index (χ4v) is 4.27. The van der Waals surface area contributed by atoms with Gasteiger partial charge in [0.15, 0.2) is 0 Å². The maximum atomic E-state index is 12.5. The Morgan fingerprint density at radius 2 is 1.66 bits per heavy atom. The van der Waals surface area contributed by atoms with Crippen molar-refractivity contribution in [1.82, 2.24) is 10.2 Å². The lowest BCUT2D eigenvalue weighted by molar-refractivity contribution is -0.138. The van der Waals surface area contributed by atoms with Crippen molar-refractivity contribution in [3.8, 4) is 12.1 Å². The summed E-state index contributed by atoms with van der Waals surface area (Å²) in [6, 6.07) is 16.0. The van der Waals surface area contributed by atoms with Crippen LogP contribution in [0, 0.1) is 28.6 Å². The number of aromatic nitrogens is 2. The van der Waals surface area contributed by atoms with Crippen LogP contribution in [0.15, 0.2) is 46.9 Å². The predicted molar refractivity (Wildman–Crippen MR) is 125 cm³/mol. The zero-order valence-corrected chi connectivity index (χ0v) is 18.7. The second-order valence-electron chi connectivity index (χ2n) is 8.41. The van der Waals surface area contributed by atoms with Gasteiger partial charge in [-0.3, -0.25) is 9.59 Å². The standard InChI is InChI=1S/C25H22N6O4/c26-13-18-7-10-21(12-19(18)14-27)29-25-31-30-24(35-25)23(34)28-20-8-5-17(6-9-20)16-3-1-15(2-4-16)11-22(32)33/h5-10,12,15-16H,1-4,11H2,(H,28,34)(H,29,31)(H,32,33). The van der Waals surface area contributed by atoms with E-state index in [2.05, 4.69) is 20.8 Å². The lowest BCUT2D eigenvalue weighted by Crippen LogP contribution is -2.16. The number of hydrogen-bond acceptors (Lipinski definition) is 8. The van der Waals surface area contributed by atoms with Gasteiger partial charge < -0.3 is 20.2 Å². The zero-order chi connectivity index (χ0) is 24.8. The van der Waals surface area contributed by atoms with Gasteiger partial charge in [-0.1, -0.05) is 17.2 Å². The highest BCUT2D eigenvalue weighted by Crippen LogP contribution is 2.37. The summed E-state index contributed by atoms with van der Waals surface area (Å²) in [5, 5.41) is 40.2. The average molecular weight is 470 g/mol. The summed E-state index contributed by atoms with van der Waals surface area (Å²) in [5.41, 5.74) is 2.66. The molecule has 0 radical (unpaired) electrons. The Balaban J connectivity index is 1.33. The van der Waals surface area contributed by atoms with Gasteiger partial charge >= 0.3 is 23.8 Å². The molecule has 1 aromatic heterocycles. The predicted octanol–water partition coefficient (Wildman–Crippen LogP) is 4.56. The van der Waals surface area contributed by atoms with Crippen LogP contribution < -0.4 is 10.6 Å². The van der Waals surface area contributed by atoms with Gasteiger partial charge in [-0.25, -0.2) is 0 Å². The molecule has 1 heterocycles. The van der Waals surface area contributed by atoms with E-state index in [1.807, 2.05) is 36.4 Å². The van der Waals surface area contributed by atoms with Crippen LogP contribution in [0.3, 0.4) is 0 Å². The molecule has 10 nitrogen and oxygen atoms in total. The van der Waals surface area contributed by atoms with E-state index in [1.54, 1.807) is 6.07 Å². The number of carboxylic acid groups (broad SMARTS) is 1. The number of anilines is 3. The maximum Gasteiger partial charge on any atom is 0.320 e. The Hall–Kier alpha value is -4.70. The molecule has 1 aliphatic carbocycles. The van der Waals surface area contributed by atoms with Crippen molar-refractivity contribution in [1.29, 1.82) is 10.5 Å². The molecule has 2 aromatic carbocycles. The minimum absolute atomic E-state index is 0.0300. The Labute approximate surface area is 201 Å². The van der Waals surface area contributed by atoms with Crippen LogP contribution in [-0.2, 0) is 4.79 Å². The molecule has 1 aliphatic rings. The SMILES string of the molecule is N#Cc1ccc(Nc2nnc(C(=O)Nc3ccc(C4CCC(CC(=O)O)CC4)cc3)o2)cc1C#N. The van der Waals surface area contributed by atoms with Gasteiger partial charge in [0, 0.05) is 17.8 Å². The van der Waals surface area contributed by atoms with Gasteiger partial charge in [-0.15, -0.1) is 5.10 Å². The number of carbonyl (C=O) groups excluding carboxylic acids is 1. The van der Waals surface area contributed by atoms with Gasteiger partial charge in [-0.2, -0.15) is 10.5 Å². The monoisotopic (exact) mass is 470 g/mol. The van der Waals surface area contributed by atoms with Crippen molar-refractivity contribution in [3.05, 3.63) is 65.0 Å². The molecule has 0 atom stereocenters. The fourth-order valence-electron chi connectivity index (χ4n) is 4.27. The smallest absolute Gasteiger partial charge is 0.320 e. The number of nitrogens with one attached hydrogen (secondary N) is 2. The number of amides is 1. The van der Waals surface area contributed by atoms with E-state index < -0.39 is 11.9 Å². The first-order valence-corrected chi connectivity index (χ1v) is 11.1. The van der Waals surface area contributed by atoms with E-state index >= 15 is 0 Å². The van der Waals surface area contributed by atoms with Crippen molar-refractivity contribution < 1.29 is 19.1 Å². The van der Waals surface area contributed by atoms with Gasteiger partial charge in [-0.05, 0) is 73.4 Å². The zero-order valence-electron chi connectivity index (χ0n) is 18.7. The summed E-state index contributed by atoms with van der Waals surface area (Å²) in [7, 11) is 0. The van der Waals surface area contributed by atoms with E-state index in [4.69, 9.17) is 20.0 Å². The van der Waals surface area contributed by atoms with E-state index in [0.29, 0.717) is 17.3 Å². The molecule has 10 heteroatoms. The normalized spacial score (nSPS) is 17.1. The molecule has 0 bridgehead atoms. The van der Waals surface area contributed by atoms with Crippen molar-refractivity contribution in [2.24, 2.45) is 5.92 Å². The van der Waals surface area contributed by atoms with Crippen LogP contribution in [0.2, 0.25) is 0 Å². The molecule has 0 aliphatic heterocycles. The average Bonchev–Trinajstić information content (AvgIpc) is 3.33. The molecule has 1 saturated carbocycles. The maximum absolute atomic E-state index is 12.5. The molecular formula is C25H22N6O4.